The van der Waals surface area contributed by atoms with Crippen LogP contribution in [0.15, 0.2) is 78.4 Å². The second kappa shape index (κ2) is 11.9. The Morgan fingerprint density at radius 2 is 1.68 bits per heavy atom. The minimum absolute atomic E-state index is 0.00899. The highest BCUT2D eigenvalue weighted by Crippen LogP contribution is 2.43. The number of hydrogen-bond acceptors (Lipinski definition) is 6. The second-order valence-corrected chi connectivity index (χ2v) is 9.59. The number of nitrogens with zero attached hydrogens (tertiary/aromatic N) is 1. The maximum Gasteiger partial charge on any atom is 0.295 e. The van der Waals surface area contributed by atoms with E-state index in [1.54, 1.807) is 49.6 Å². The van der Waals surface area contributed by atoms with Crippen molar-refractivity contribution >= 4 is 17.4 Å². The van der Waals surface area contributed by atoms with Crippen molar-refractivity contribution in [2.45, 2.75) is 32.9 Å². The number of ketones is 1. The van der Waals surface area contributed by atoms with Gasteiger partial charge in [0, 0.05) is 12.1 Å². The Morgan fingerprint density at radius 1 is 0.921 bits per heavy atom. The van der Waals surface area contributed by atoms with Gasteiger partial charge in [-0.3, -0.25) is 9.59 Å². The topological polar surface area (TPSA) is 85.3 Å². The summed E-state index contributed by atoms with van der Waals surface area (Å²) in [7, 11) is 3.07. The molecule has 3 aromatic carbocycles. The number of amides is 1. The molecule has 1 amide bonds. The molecule has 1 unspecified atom stereocenters. The number of carbonyl (C=O) groups excluding carboxylic acids is 2. The van der Waals surface area contributed by atoms with Crippen LogP contribution in [-0.4, -0.2) is 42.5 Å². The molecule has 7 heteroatoms. The van der Waals surface area contributed by atoms with Gasteiger partial charge in [0.1, 0.15) is 11.5 Å². The molecule has 1 saturated heterocycles. The molecule has 0 radical (unpaired) electrons. The van der Waals surface area contributed by atoms with Gasteiger partial charge in [-0.2, -0.15) is 0 Å². The number of carbonyl (C=O) groups is 2. The predicted molar refractivity (Wildman–Crippen MR) is 145 cm³/mol. The van der Waals surface area contributed by atoms with Crippen molar-refractivity contribution in [3.8, 4) is 17.2 Å². The van der Waals surface area contributed by atoms with Crippen LogP contribution < -0.4 is 14.2 Å². The van der Waals surface area contributed by atoms with Gasteiger partial charge < -0.3 is 24.2 Å². The van der Waals surface area contributed by atoms with E-state index in [2.05, 4.69) is 13.8 Å². The summed E-state index contributed by atoms with van der Waals surface area (Å²) in [5, 5.41) is 11.4. The number of methoxy groups -OCH3 is 2. The maximum atomic E-state index is 13.4. The van der Waals surface area contributed by atoms with Gasteiger partial charge in [-0.1, -0.05) is 62.4 Å². The van der Waals surface area contributed by atoms with Gasteiger partial charge in [-0.25, -0.2) is 0 Å². The fraction of sp³-hybridized carbons (Fsp3) is 0.290. The Hall–Kier alpha value is -4.26. The number of likely N-dealkylation sites (tertiary alicyclic amines) is 1. The van der Waals surface area contributed by atoms with Gasteiger partial charge in [-0.15, -0.1) is 0 Å². The van der Waals surface area contributed by atoms with E-state index < -0.39 is 17.7 Å². The molecule has 0 bridgehead atoms. The van der Waals surface area contributed by atoms with Crippen molar-refractivity contribution in [1.82, 2.24) is 4.90 Å². The zero-order valence-electron chi connectivity index (χ0n) is 22.1. The molecule has 1 fully saturated rings. The van der Waals surface area contributed by atoms with Crippen molar-refractivity contribution < 1.29 is 28.9 Å². The van der Waals surface area contributed by atoms with Crippen LogP contribution in [0.3, 0.4) is 0 Å². The lowest BCUT2D eigenvalue weighted by Gasteiger charge is -2.26. The maximum absolute atomic E-state index is 13.4. The summed E-state index contributed by atoms with van der Waals surface area (Å²) >= 11 is 0. The van der Waals surface area contributed by atoms with E-state index in [9.17, 15) is 14.7 Å². The highest BCUT2D eigenvalue weighted by molar-refractivity contribution is 6.46. The molecule has 0 aromatic heterocycles. The van der Waals surface area contributed by atoms with Gasteiger partial charge >= 0.3 is 0 Å². The van der Waals surface area contributed by atoms with Crippen molar-refractivity contribution in [1.29, 1.82) is 0 Å². The first-order chi connectivity index (χ1) is 18.3. The minimum atomic E-state index is -0.833. The monoisotopic (exact) mass is 515 g/mol. The van der Waals surface area contributed by atoms with Crippen LogP contribution in [0, 0.1) is 5.92 Å². The summed E-state index contributed by atoms with van der Waals surface area (Å²) in [6.45, 7) is 4.99. The Bertz CT molecular complexity index is 1330. The van der Waals surface area contributed by atoms with E-state index in [1.807, 2.05) is 30.3 Å². The van der Waals surface area contributed by atoms with Crippen LogP contribution in [0.4, 0.5) is 0 Å². The third kappa shape index (κ3) is 5.67. The van der Waals surface area contributed by atoms with Crippen molar-refractivity contribution in [2.24, 2.45) is 5.92 Å². The molecule has 1 aliphatic rings. The van der Waals surface area contributed by atoms with E-state index in [0.717, 1.165) is 12.0 Å². The number of Topliss-reactive ketones (excluding diaryl/α,β-unsaturated/α-hetero) is 1. The molecule has 198 valence electrons. The van der Waals surface area contributed by atoms with Gasteiger partial charge in [-0.05, 0) is 47.7 Å². The van der Waals surface area contributed by atoms with Crippen LogP contribution in [0.2, 0.25) is 0 Å². The molecular weight excluding hydrogens is 482 g/mol. The molecular formula is C31H33NO6. The average Bonchev–Trinajstić information content (AvgIpc) is 3.18. The number of rotatable bonds is 10. The normalized spacial score (nSPS) is 16.7. The summed E-state index contributed by atoms with van der Waals surface area (Å²) < 4.78 is 16.8. The van der Waals surface area contributed by atoms with Crippen LogP contribution in [0.1, 0.15) is 43.0 Å². The SMILES string of the molecule is COc1cccc(C(O)=C2C(=O)C(=O)N(Cc3ccccc3)C2c2ccc(OCCC(C)C)c(OC)c2)c1. The number of aliphatic hydroxyl groups excluding tert-OH is 1. The Morgan fingerprint density at radius 3 is 2.37 bits per heavy atom. The molecule has 38 heavy (non-hydrogen) atoms. The molecule has 4 rings (SSSR count). The Balaban J connectivity index is 1.82. The van der Waals surface area contributed by atoms with Gasteiger partial charge in [0.2, 0.25) is 0 Å². The molecule has 0 saturated carbocycles. The van der Waals surface area contributed by atoms with Crippen LogP contribution in [-0.2, 0) is 16.1 Å². The van der Waals surface area contributed by atoms with Crippen LogP contribution in [0.25, 0.3) is 5.76 Å². The highest BCUT2D eigenvalue weighted by atomic mass is 16.5. The second-order valence-electron chi connectivity index (χ2n) is 9.59. The van der Waals surface area contributed by atoms with Gasteiger partial charge in [0.05, 0.1) is 32.4 Å². The largest absolute Gasteiger partial charge is 0.507 e. The first kappa shape index (κ1) is 26.8. The number of hydrogen-bond donors (Lipinski definition) is 1. The summed E-state index contributed by atoms with van der Waals surface area (Å²) in [4.78, 5) is 28.2. The summed E-state index contributed by atoms with van der Waals surface area (Å²) in [6.07, 6.45) is 0.892. The van der Waals surface area contributed by atoms with Gasteiger partial charge in [0.25, 0.3) is 11.7 Å². The molecule has 1 N–H and O–H groups in total. The Kier molecular flexibility index (Phi) is 8.36. The zero-order chi connectivity index (χ0) is 27.2. The summed E-state index contributed by atoms with van der Waals surface area (Å²) in [6, 6.07) is 20.7. The van der Waals surface area contributed by atoms with Crippen molar-refractivity contribution in [2.75, 3.05) is 20.8 Å². The Labute approximate surface area is 223 Å². The third-order valence-electron chi connectivity index (χ3n) is 6.54. The first-order valence-electron chi connectivity index (χ1n) is 12.6. The molecule has 0 spiro atoms. The quantitative estimate of drug-likeness (QED) is 0.210. The fourth-order valence-electron chi connectivity index (χ4n) is 4.47. The standard InChI is InChI=1S/C31H33NO6/c1-20(2)15-16-38-25-14-13-22(18-26(25)37-4)28-27(29(33)23-11-8-12-24(17-23)36-3)30(34)31(35)32(28)19-21-9-6-5-7-10-21/h5-14,17-18,20,28,33H,15-16,19H2,1-4H3. The molecule has 0 aliphatic carbocycles. The number of aliphatic hydroxyl groups is 1. The van der Waals surface area contributed by atoms with Crippen LogP contribution >= 0.6 is 0 Å². The highest BCUT2D eigenvalue weighted by Gasteiger charge is 2.46. The molecule has 7 nitrogen and oxygen atoms in total. The van der Waals surface area contributed by atoms with Crippen molar-refractivity contribution in [3.05, 3.63) is 95.1 Å². The smallest absolute Gasteiger partial charge is 0.295 e. The van der Waals surface area contributed by atoms with E-state index in [0.29, 0.717) is 40.9 Å². The zero-order valence-corrected chi connectivity index (χ0v) is 22.1. The van der Waals surface area contributed by atoms with E-state index in [-0.39, 0.29) is 17.9 Å². The molecule has 3 aromatic rings. The van der Waals surface area contributed by atoms with Crippen LogP contribution in [0.5, 0.6) is 17.2 Å². The minimum Gasteiger partial charge on any atom is -0.507 e. The summed E-state index contributed by atoms with van der Waals surface area (Å²) in [5.41, 5.74) is 1.88. The fourth-order valence-corrected chi connectivity index (χ4v) is 4.47. The lowest BCUT2D eigenvalue weighted by Crippen LogP contribution is -2.29. The lowest BCUT2D eigenvalue weighted by molar-refractivity contribution is -0.140. The molecule has 1 aliphatic heterocycles. The predicted octanol–water partition coefficient (Wildman–Crippen LogP) is 5.75. The lowest BCUT2D eigenvalue weighted by atomic mass is 9.94. The van der Waals surface area contributed by atoms with E-state index in [1.165, 1.54) is 12.0 Å². The van der Waals surface area contributed by atoms with Gasteiger partial charge in [0.15, 0.2) is 11.5 Å². The van der Waals surface area contributed by atoms with E-state index in [4.69, 9.17) is 14.2 Å². The van der Waals surface area contributed by atoms with E-state index >= 15 is 0 Å². The molecule has 1 atom stereocenters. The first-order valence-corrected chi connectivity index (χ1v) is 12.6. The third-order valence-corrected chi connectivity index (χ3v) is 6.54. The number of benzene rings is 3. The average molecular weight is 516 g/mol. The van der Waals surface area contributed by atoms with Crippen molar-refractivity contribution in [3.63, 3.8) is 0 Å². The summed E-state index contributed by atoms with van der Waals surface area (Å²) in [5.74, 6) is 0.381. The molecule has 1 heterocycles. The number of ether oxygens (including phenoxy) is 3.